The van der Waals surface area contributed by atoms with Crippen LogP contribution in [0.2, 0.25) is 0 Å². The number of rotatable bonds is 0. The monoisotopic (exact) mass is 232 g/mol. The van der Waals surface area contributed by atoms with E-state index in [0.29, 0.717) is 16.1 Å². The summed E-state index contributed by atoms with van der Waals surface area (Å²) in [6.45, 7) is 3.59. The SMILES string of the molecule is Cc1ccc2c(n1)sc1nc(C)oc(=O)c12. The molecule has 0 fully saturated rings. The van der Waals surface area contributed by atoms with Crippen LogP contribution in [0.4, 0.5) is 0 Å². The van der Waals surface area contributed by atoms with E-state index in [9.17, 15) is 4.79 Å². The van der Waals surface area contributed by atoms with Crippen LogP contribution in [0.5, 0.6) is 0 Å². The second kappa shape index (κ2) is 3.12. The Morgan fingerprint density at radius 3 is 2.81 bits per heavy atom. The highest BCUT2D eigenvalue weighted by Gasteiger charge is 2.12. The molecule has 5 heteroatoms. The first kappa shape index (κ1) is 9.47. The van der Waals surface area contributed by atoms with Crippen molar-refractivity contribution < 1.29 is 4.42 Å². The Morgan fingerprint density at radius 1 is 1.19 bits per heavy atom. The van der Waals surface area contributed by atoms with E-state index in [1.165, 1.54) is 11.3 Å². The quantitative estimate of drug-likeness (QED) is 0.597. The van der Waals surface area contributed by atoms with Crippen molar-refractivity contribution in [3.05, 3.63) is 34.1 Å². The molecule has 0 aliphatic carbocycles. The fraction of sp³-hybridized carbons (Fsp3) is 0.182. The van der Waals surface area contributed by atoms with Gasteiger partial charge in [0.05, 0.1) is 0 Å². The lowest BCUT2D eigenvalue weighted by Crippen LogP contribution is -2.00. The fourth-order valence-corrected chi connectivity index (χ4v) is 2.81. The first-order valence-electron chi connectivity index (χ1n) is 4.83. The van der Waals surface area contributed by atoms with Gasteiger partial charge >= 0.3 is 5.63 Å². The highest BCUT2D eigenvalue weighted by Crippen LogP contribution is 2.29. The third-order valence-corrected chi connectivity index (χ3v) is 3.37. The maximum atomic E-state index is 11.7. The molecular weight excluding hydrogens is 224 g/mol. The van der Waals surface area contributed by atoms with Crippen molar-refractivity contribution in [2.45, 2.75) is 13.8 Å². The average molecular weight is 232 g/mol. The number of hydrogen-bond donors (Lipinski definition) is 0. The Morgan fingerprint density at radius 2 is 2.00 bits per heavy atom. The second-order valence-electron chi connectivity index (χ2n) is 3.61. The number of aromatic nitrogens is 2. The van der Waals surface area contributed by atoms with E-state index in [2.05, 4.69) is 9.97 Å². The smallest absolute Gasteiger partial charge is 0.348 e. The first-order chi connectivity index (χ1) is 7.65. The molecule has 0 radical (unpaired) electrons. The van der Waals surface area contributed by atoms with E-state index in [4.69, 9.17) is 4.42 Å². The third-order valence-electron chi connectivity index (χ3n) is 2.38. The molecule has 3 aromatic heterocycles. The molecule has 0 spiro atoms. The molecule has 0 saturated carbocycles. The van der Waals surface area contributed by atoms with Crippen molar-refractivity contribution in [2.75, 3.05) is 0 Å². The van der Waals surface area contributed by atoms with Gasteiger partial charge in [-0.05, 0) is 19.1 Å². The van der Waals surface area contributed by atoms with Gasteiger partial charge in [0.25, 0.3) is 0 Å². The number of thiophene rings is 1. The minimum atomic E-state index is -0.334. The van der Waals surface area contributed by atoms with Crippen LogP contribution in [0.25, 0.3) is 20.4 Å². The summed E-state index contributed by atoms with van der Waals surface area (Å²) in [5.41, 5.74) is 0.597. The van der Waals surface area contributed by atoms with E-state index in [0.717, 1.165) is 15.9 Å². The number of fused-ring (bicyclic) bond motifs is 3. The maximum absolute atomic E-state index is 11.7. The standard InChI is InChI=1S/C11H8N2O2S/c1-5-3-4-7-8-10(16-9(7)12-5)13-6(2)15-11(8)14/h3-4H,1-2H3. The maximum Gasteiger partial charge on any atom is 0.348 e. The van der Waals surface area contributed by atoms with E-state index in [1.807, 2.05) is 19.1 Å². The summed E-state index contributed by atoms with van der Waals surface area (Å²) < 4.78 is 5.00. The molecule has 16 heavy (non-hydrogen) atoms. The number of pyridine rings is 1. The molecule has 0 bridgehead atoms. The Labute approximate surface area is 94.6 Å². The molecule has 3 rings (SSSR count). The minimum Gasteiger partial charge on any atom is -0.408 e. The van der Waals surface area contributed by atoms with Crippen molar-refractivity contribution in [1.29, 1.82) is 0 Å². The zero-order valence-electron chi connectivity index (χ0n) is 8.77. The molecule has 0 atom stereocenters. The second-order valence-corrected chi connectivity index (χ2v) is 4.59. The Balaban J connectivity index is 2.61. The van der Waals surface area contributed by atoms with Gasteiger partial charge in [-0.1, -0.05) is 11.3 Å². The highest BCUT2D eigenvalue weighted by atomic mass is 32.1. The summed E-state index contributed by atoms with van der Waals surface area (Å²) >= 11 is 1.42. The van der Waals surface area contributed by atoms with Gasteiger partial charge in [0.15, 0.2) is 5.89 Å². The number of nitrogens with zero attached hydrogens (tertiary/aromatic N) is 2. The van der Waals surface area contributed by atoms with Crippen LogP contribution < -0.4 is 5.63 Å². The van der Waals surface area contributed by atoms with E-state index in [-0.39, 0.29) is 5.63 Å². The molecule has 80 valence electrons. The lowest BCUT2D eigenvalue weighted by Gasteiger charge is -1.91. The van der Waals surface area contributed by atoms with E-state index >= 15 is 0 Å². The summed E-state index contributed by atoms with van der Waals surface area (Å²) in [4.78, 5) is 21.9. The van der Waals surface area contributed by atoms with Gasteiger partial charge in [-0.15, -0.1) is 0 Å². The van der Waals surface area contributed by atoms with Crippen LogP contribution in [-0.4, -0.2) is 9.97 Å². The average Bonchev–Trinajstić information content (AvgIpc) is 2.54. The van der Waals surface area contributed by atoms with Crippen molar-refractivity contribution >= 4 is 31.8 Å². The normalized spacial score (nSPS) is 11.4. The van der Waals surface area contributed by atoms with Crippen LogP contribution in [0, 0.1) is 13.8 Å². The third kappa shape index (κ3) is 1.25. The molecule has 0 aliphatic rings. The van der Waals surface area contributed by atoms with Crippen LogP contribution in [-0.2, 0) is 0 Å². The Bertz CT molecular complexity index is 758. The van der Waals surface area contributed by atoms with Crippen LogP contribution in [0.1, 0.15) is 11.6 Å². The summed E-state index contributed by atoms with van der Waals surface area (Å²) in [6, 6.07) is 3.78. The van der Waals surface area contributed by atoms with Crippen LogP contribution in [0.3, 0.4) is 0 Å². The minimum absolute atomic E-state index is 0.334. The molecule has 3 aromatic rings. The van der Waals surface area contributed by atoms with Gasteiger partial charge in [-0.25, -0.2) is 14.8 Å². The van der Waals surface area contributed by atoms with Gasteiger partial charge in [0, 0.05) is 18.0 Å². The predicted octanol–water partition coefficient (Wildman–Crippen LogP) is 2.41. The molecular formula is C11H8N2O2S. The van der Waals surface area contributed by atoms with Gasteiger partial charge in [0.1, 0.15) is 15.0 Å². The van der Waals surface area contributed by atoms with E-state index in [1.54, 1.807) is 6.92 Å². The van der Waals surface area contributed by atoms with Crippen molar-refractivity contribution in [3.63, 3.8) is 0 Å². The number of hydrogen-bond acceptors (Lipinski definition) is 5. The van der Waals surface area contributed by atoms with Gasteiger partial charge in [-0.2, -0.15) is 0 Å². The van der Waals surface area contributed by atoms with Crippen molar-refractivity contribution in [1.82, 2.24) is 9.97 Å². The summed E-state index contributed by atoms with van der Waals surface area (Å²) in [5, 5.41) is 1.37. The topological polar surface area (TPSA) is 56.0 Å². The van der Waals surface area contributed by atoms with Crippen molar-refractivity contribution in [3.8, 4) is 0 Å². The molecule has 0 aliphatic heterocycles. The summed E-state index contributed by atoms with van der Waals surface area (Å²) in [7, 11) is 0. The van der Waals surface area contributed by atoms with Crippen LogP contribution >= 0.6 is 11.3 Å². The molecule has 0 amide bonds. The molecule has 3 heterocycles. The predicted molar refractivity (Wildman–Crippen MR) is 62.9 cm³/mol. The van der Waals surface area contributed by atoms with Crippen LogP contribution in [0.15, 0.2) is 21.3 Å². The Kier molecular flexibility index (Phi) is 1.85. The molecule has 0 aromatic carbocycles. The fourth-order valence-electron chi connectivity index (χ4n) is 1.69. The zero-order chi connectivity index (χ0) is 11.3. The van der Waals surface area contributed by atoms with Crippen molar-refractivity contribution in [2.24, 2.45) is 0 Å². The molecule has 0 saturated heterocycles. The van der Waals surface area contributed by atoms with E-state index < -0.39 is 0 Å². The lowest BCUT2D eigenvalue weighted by atomic mass is 10.2. The summed E-state index contributed by atoms with van der Waals surface area (Å²) in [6.07, 6.45) is 0. The van der Waals surface area contributed by atoms with Gasteiger partial charge in [-0.3, -0.25) is 0 Å². The lowest BCUT2D eigenvalue weighted by molar-refractivity contribution is 0.468. The molecule has 0 N–H and O–H groups in total. The first-order valence-corrected chi connectivity index (χ1v) is 5.64. The molecule has 4 nitrogen and oxygen atoms in total. The largest absolute Gasteiger partial charge is 0.408 e. The molecule has 0 unspecified atom stereocenters. The highest BCUT2D eigenvalue weighted by molar-refractivity contribution is 7.25. The summed E-state index contributed by atoms with van der Waals surface area (Å²) in [5.74, 6) is 0.390. The van der Waals surface area contributed by atoms with Gasteiger partial charge in [0.2, 0.25) is 0 Å². The zero-order valence-corrected chi connectivity index (χ0v) is 9.59. The van der Waals surface area contributed by atoms with Gasteiger partial charge < -0.3 is 4.42 Å². The Hall–Kier alpha value is -1.75. The number of aryl methyl sites for hydroxylation is 2.